The molecule has 0 aliphatic carbocycles. The van der Waals surface area contributed by atoms with Crippen LogP contribution < -0.4 is 15.7 Å². The van der Waals surface area contributed by atoms with Crippen LogP contribution >= 0.6 is 0 Å². The van der Waals surface area contributed by atoms with Gasteiger partial charge in [0.05, 0.1) is 22.8 Å². The van der Waals surface area contributed by atoms with Crippen molar-refractivity contribution in [2.75, 3.05) is 11.9 Å². The van der Waals surface area contributed by atoms with E-state index in [0.717, 1.165) is 0 Å². The van der Waals surface area contributed by atoms with E-state index in [4.69, 9.17) is 4.74 Å². The van der Waals surface area contributed by atoms with Gasteiger partial charge in [0.2, 0.25) is 0 Å². The maximum absolute atomic E-state index is 14.7. The largest absolute Gasteiger partial charge is 0.463 e. The molecule has 7 heteroatoms. The monoisotopic (exact) mass is 471 g/mol. The molecule has 0 unspecified atom stereocenters. The molecule has 0 bridgehead atoms. The summed E-state index contributed by atoms with van der Waals surface area (Å²) >= 11 is 0. The number of anilines is 1. The van der Waals surface area contributed by atoms with Crippen molar-refractivity contribution in [2.24, 2.45) is 0 Å². The molecule has 2 aromatic carbocycles. The molecule has 0 aromatic heterocycles. The van der Waals surface area contributed by atoms with Gasteiger partial charge in [0.25, 0.3) is 5.91 Å². The molecule has 4 nitrogen and oxygen atoms in total. The number of nitrogens with one attached hydrogen (secondary N) is 1. The van der Waals surface area contributed by atoms with Gasteiger partial charge in [-0.2, -0.15) is 0 Å². The van der Waals surface area contributed by atoms with Crippen LogP contribution in [-0.2, 0) is 9.53 Å². The summed E-state index contributed by atoms with van der Waals surface area (Å²) in [4.78, 5) is 24.7. The Bertz CT molecular complexity index is 1020. The first kappa shape index (κ1) is 25.7. The molecule has 0 saturated carbocycles. The standard InChI is InChI=1S/C25H34FNO3Si2/c1-9-30-24(28)12-17(2)22-11-10-19(15-23(22)26)27-25(29)18-13-20(31(3,4)5)16-21(14-18)32(6,7)8/h10-16H,9H2,1-8H3,(H,27,29)/b17-12+. The molecule has 1 amide bonds. The molecule has 1 N–H and O–H groups in total. The lowest BCUT2D eigenvalue weighted by Gasteiger charge is -2.24. The summed E-state index contributed by atoms with van der Waals surface area (Å²) in [7, 11) is -3.25. The quantitative estimate of drug-likeness (QED) is 0.346. The number of carbonyl (C=O) groups excluding carboxylic acids is 2. The van der Waals surface area contributed by atoms with Crippen molar-refractivity contribution in [1.29, 1.82) is 0 Å². The Morgan fingerprint density at radius 1 is 0.969 bits per heavy atom. The van der Waals surface area contributed by atoms with E-state index in [1.165, 1.54) is 22.5 Å². The van der Waals surface area contributed by atoms with E-state index in [0.29, 0.717) is 16.8 Å². The van der Waals surface area contributed by atoms with E-state index in [2.05, 4.69) is 50.7 Å². The fraction of sp³-hybridized carbons (Fsp3) is 0.360. The van der Waals surface area contributed by atoms with Crippen LogP contribution in [0.25, 0.3) is 5.57 Å². The Morgan fingerprint density at radius 3 is 2.00 bits per heavy atom. The van der Waals surface area contributed by atoms with Gasteiger partial charge < -0.3 is 10.1 Å². The first-order valence-corrected chi connectivity index (χ1v) is 17.8. The minimum absolute atomic E-state index is 0.254. The van der Waals surface area contributed by atoms with Crippen molar-refractivity contribution in [3.63, 3.8) is 0 Å². The number of ether oxygens (including phenoxy) is 1. The summed E-state index contributed by atoms with van der Waals surface area (Å²) in [5.41, 5.74) is 1.72. The molecule has 32 heavy (non-hydrogen) atoms. The Balaban J connectivity index is 2.33. The molecule has 0 atom stereocenters. The van der Waals surface area contributed by atoms with Crippen molar-refractivity contribution < 1.29 is 18.7 Å². The second kappa shape index (κ2) is 9.96. The highest BCUT2D eigenvalue weighted by Crippen LogP contribution is 2.22. The zero-order valence-corrected chi connectivity index (χ0v) is 22.4. The number of allylic oxidation sites excluding steroid dienone is 1. The van der Waals surface area contributed by atoms with Crippen LogP contribution in [-0.4, -0.2) is 34.6 Å². The van der Waals surface area contributed by atoms with Gasteiger partial charge in [-0.1, -0.05) is 67.9 Å². The molecule has 2 aromatic rings. The number of benzene rings is 2. The number of esters is 1. The van der Waals surface area contributed by atoms with E-state index >= 15 is 0 Å². The molecule has 2 rings (SSSR count). The first-order chi connectivity index (χ1) is 14.7. The number of rotatable bonds is 7. The molecule has 172 valence electrons. The Hall–Kier alpha value is -2.52. The van der Waals surface area contributed by atoms with Gasteiger partial charge in [0, 0.05) is 22.9 Å². The van der Waals surface area contributed by atoms with E-state index in [9.17, 15) is 14.0 Å². The summed E-state index contributed by atoms with van der Waals surface area (Å²) in [6, 6.07) is 10.7. The van der Waals surface area contributed by atoms with Crippen LogP contribution in [0.3, 0.4) is 0 Å². The summed E-state index contributed by atoms with van der Waals surface area (Å²) < 4.78 is 19.6. The molecule has 0 aliphatic heterocycles. The number of hydrogen-bond donors (Lipinski definition) is 1. The van der Waals surface area contributed by atoms with E-state index in [1.54, 1.807) is 26.0 Å². The number of hydrogen-bond acceptors (Lipinski definition) is 3. The van der Waals surface area contributed by atoms with Crippen LogP contribution in [0, 0.1) is 5.82 Å². The maximum atomic E-state index is 14.7. The average molecular weight is 472 g/mol. The second-order valence-electron chi connectivity index (χ2n) is 10.0. The van der Waals surface area contributed by atoms with Gasteiger partial charge in [-0.3, -0.25) is 4.79 Å². The normalized spacial score (nSPS) is 12.5. The topological polar surface area (TPSA) is 55.4 Å². The highest BCUT2D eigenvalue weighted by Gasteiger charge is 2.24. The van der Waals surface area contributed by atoms with E-state index < -0.39 is 27.9 Å². The van der Waals surface area contributed by atoms with Crippen molar-refractivity contribution in [2.45, 2.75) is 53.1 Å². The summed E-state index contributed by atoms with van der Waals surface area (Å²) in [5.74, 6) is -1.28. The van der Waals surface area contributed by atoms with Crippen LogP contribution in [0.1, 0.15) is 29.8 Å². The van der Waals surface area contributed by atoms with Crippen LogP contribution in [0.15, 0.2) is 42.5 Å². The lowest BCUT2D eigenvalue weighted by Crippen LogP contribution is -2.46. The van der Waals surface area contributed by atoms with Crippen molar-refractivity contribution >= 4 is 49.7 Å². The molecule has 0 fully saturated rings. The van der Waals surface area contributed by atoms with Crippen molar-refractivity contribution in [3.05, 3.63) is 59.4 Å². The van der Waals surface area contributed by atoms with E-state index in [1.807, 2.05) is 12.1 Å². The van der Waals surface area contributed by atoms with Crippen LogP contribution in [0.5, 0.6) is 0 Å². The maximum Gasteiger partial charge on any atom is 0.331 e. The fourth-order valence-corrected chi connectivity index (χ4v) is 5.68. The van der Waals surface area contributed by atoms with Crippen LogP contribution in [0.2, 0.25) is 39.3 Å². The molecule has 0 saturated heterocycles. The molecular formula is C25H34FNO3Si2. The second-order valence-corrected chi connectivity index (χ2v) is 20.2. The predicted molar refractivity (Wildman–Crippen MR) is 137 cm³/mol. The zero-order valence-electron chi connectivity index (χ0n) is 20.4. The highest BCUT2D eigenvalue weighted by molar-refractivity contribution is 6.91. The van der Waals surface area contributed by atoms with Crippen molar-refractivity contribution in [1.82, 2.24) is 0 Å². The highest BCUT2D eigenvalue weighted by atomic mass is 28.3. The summed E-state index contributed by atoms with van der Waals surface area (Å²) in [6.07, 6.45) is 1.26. The summed E-state index contributed by atoms with van der Waals surface area (Å²) in [6.45, 7) is 17.2. The van der Waals surface area contributed by atoms with E-state index in [-0.39, 0.29) is 18.1 Å². The van der Waals surface area contributed by atoms with Gasteiger partial charge in [-0.25, -0.2) is 9.18 Å². The van der Waals surface area contributed by atoms with Gasteiger partial charge in [0.1, 0.15) is 5.82 Å². The number of halogens is 1. The minimum Gasteiger partial charge on any atom is -0.463 e. The first-order valence-electron chi connectivity index (χ1n) is 10.8. The van der Waals surface area contributed by atoms with Gasteiger partial charge in [0.15, 0.2) is 0 Å². The Labute approximate surface area is 192 Å². The fourth-order valence-electron chi connectivity index (χ4n) is 3.18. The predicted octanol–water partition coefficient (Wildman–Crippen LogP) is 5.13. The van der Waals surface area contributed by atoms with Crippen LogP contribution in [0.4, 0.5) is 10.1 Å². The SMILES string of the molecule is CCOC(=O)/C=C(\C)c1ccc(NC(=O)c2cc([Si](C)(C)C)cc([Si](C)(C)C)c2)cc1F. The Morgan fingerprint density at radius 2 is 1.53 bits per heavy atom. The Kier molecular flexibility index (Phi) is 8.01. The third kappa shape index (κ3) is 6.74. The number of carbonyl (C=O) groups is 2. The smallest absolute Gasteiger partial charge is 0.331 e. The zero-order chi connectivity index (χ0) is 24.3. The van der Waals surface area contributed by atoms with Gasteiger partial charge in [-0.15, -0.1) is 0 Å². The lowest BCUT2D eigenvalue weighted by molar-refractivity contribution is -0.137. The molecular weight excluding hydrogens is 437 g/mol. The average Bonchev–Trinajstić information content (AvgIpc) is 2.66. The van der Waals surface area contributed by atoms with Gasteiger partial charge >= 0.3 is 5.97 Å². The van der Waals surface area contributed by atoms with Crippen molar-refractivity contribution in [3.8, 4) is 0 Å². The summed E-state index contributed by atoms with van der Waals surface area (Å²) in [5, 5.41) is 5.30. The molecule has 0 heterocycles. The molecule has 0 spiro atoms. The third-order valence-electron chi connectivity index (χ3n) is 5.20. The number of amides is 1. The minimum atomic E-state index is -1.62. The van der Waals surface area contributed by atoms with Gasteiger partial charge in [-0.05, 0) is 37.6 Å². The molecule has 0 aliphatic rings. The lowest BCUT2D eigenvalue weighted by atomic mass is 10.1. The third-order valence-corrected chi connectivity index (χ3v) is 9.24. The molecule has 0 radical (unpaired) electrons.